The molecule has 0 amide bonds. The molecule has 0 fully saturated rings. The molecule has 3 aromatic rings. The molecule has 0 aliphatic rings. The normalized spacial score (nSPS) is 11.3. The molecule has 9 heteroatoms. The Morgan fingerprint density at radius 1 is 1.11 bits per heavy atom. The summed E-state index contributed by atoms with van der Waals surface area (Å²) in [6, 6.07) is 9.85. The molecule has 0 saturated carbocycles. The quantitative estimate of drug-likeness (QED) is 0.473. The lowest BCUT2D eigenvalue weighted by atomic mass is 10.1. The van der Waals surface area contributed by atoms with Gasteiger partial charge >= 0.3 is 11.8 Å². The second-order valence-corrected chi connectivity index (χ2v) is 6.38. The Morgan fingerprint density at radius 2 is 1.86 bits per heavy atom. The number of nitrogens with one attached hydrogen (secondary N) is 2. The van der Waals surface area contributed by atoms with Crippen LogP contribution < -0.4 is 21.0 Å². The van der Waals surface area contributed by atoms with Crippen LogP contribution in [0.4, 0.5) is 24.5 Å². The standard InChI is InChI=1S/C19H15F3N2O3S/c1-10-3-6-15(26-2)14(7-10)24-18(28)23-11-4-5-12-13(19(20,21)22)9-17(25)27-16(12)8-11/h3-9H,1-2H3,(H2,23,24,28). The Kier molecular flexibility index (Phi) is 5.28. The molecule has 146 valence electrons. The van der Waals surface area contributed by atoms with Crippen LogP contribution in [0, 0.1) is 6.92 Å². The van der Waals surface area contributed by atoms with Gasteiger partial charge in [-0.3, -0.25) is 0 Å². The fraction of sp³-hybridized carbons (Fsp3) is 0.158. The number of rotatable bonds is 3. The van der Waals surface area contributed by atoms with E-state index in [1.54, 1.807) is 6.07 Å². The summed E-state index contributed by atoms with van der Waals surface area (Å²) in [5.41, 5.74) is -0.345. The minimum absolute atomic E-state index is 0.192. The number of aryl methyl sites for hydroxylation is 1. The van der Waals surface area contributed by atoms with Crippen LogP contribution in [-0.2, 0) is 6.18 Å². The van der Waals surface area contributed by atoms with Crippen LogP contribution >= 0.6 is 12.2 Å². The Balaban J connectivity index is 1.88. The largest absolute Gasteiger partial charge is 0.495 e. The van der Waals surface area contributed by atoms with Crippen LogP contribution in [0.25, 0.3) is 11.0 Å². The van der Waals surface area contributed by atoms with Gasteiger partial charge in [0.15, 0.2) is 5.11 Å². The highest BCUT2D eigenvalue weighted by molar-refractivity contribution is 7.80. The molecule has 28 heavy (non-hydrogen) atoms. The zero-order chi connectivity index (χ0) is 20.5. The molecule has 0 saturated heterocycles. The third kappa shape index (κ3) is 4.25. The van der Waals surface area contributed by atoms with Crippen molar-refractivity contribution in [3.8, 4) is 5.75 Å². The second kappa shape index (κ2) is 7.51. The molecule has 0 radical (unpaired) electrons. The lowest BCUT2D eigenvalue weighted by molar-refractivity contribution is -0.136. The molecule has 0 aliphatic heterocycles. The maximum Gasteiger partial charge on any atom is 0.417 e. The molecule has 1 heterocycles. The predicted molar refractivity (Wildman–Crippen MR) is 105 cm³/mol. The molecule has 1 aromatic heterocycles. The fourth-order valence-electron chi connectivity index (χ4n) is 2.68. The van der Waals surface area contributed by atoms with Gasteiger partial charge in [-0.25, -0.2) is 4.79 Å². The lowest BCUT2D eigenvalue weighted by Crippen LogP contribution is -2.19. The highest BCUT2D eigenvalue weighted by Crippen LogP contribution is 2.34. The number of anilines is 2. The number of methoxy groups -OCH3 is 1. The van der Waals surface area contributed by atoms with Crippen LogP contribution in [0.3, 0.4) is 0 Å². The van der Waals surface area contributed by atoms with E-state index >= 15 is 0 Å². The summed E-state index contributed by atoms with van der Waals surface area (Å²) in [6.45, 7) is 1.91. The maximum absolute atomic E-state index is 13.1. The summed E-state index contributed by atoms with van der Waals surface area (Å²) in [7, 11) is 1.52. The number of halogens is 3. The van der Waals surface area contributed by atoms with Gasteiger partial charge in [0.2, 0.25) is 0 Å². The first-order chi connectivity index (χ1) is 13.2. The number of thiocarbonyl (C=S) groups is 1. The Morgan fingerprint density at radius 3 is 2.54 bits per heavy atom. The van der Waals surface area contributed by atoms with Crippen molar-refractivity contribution in [1.29, 1.82) is 0 Å². The van der Waals surface area contributed by atoms with E-state index in [2.05, 4.69) is 10.6 Å². The minimum atomic E-state index is -4.66. The summed E-state index contributed by atoms with van der Waals surface area (Å²) in [4.78, 5) is 11.5. The number of hydrogen-bond acceptors (Lipinski definition) is 4. The molecule has 3 rings (SSSR count). The molecular weight excluding hydrogens is 393 g/mol. The minimum Gasteiger partial charge on any atom is -0.495 e. The van der Waals surface area contributed by atoms with E-state index < -0.39 is 17.4 Å². The van der Waals surface area contributed by atoms with Gasteiger partial charge in [-0.15, -0.1) is 0 Å². The number of benzene rings is 2. The molecule has 0 atom stereocenters. The Labute approximate surface area is 163 Å². The van der Waals surface area contributed by atoms with Crippen molar-refractivity contribution in [2.75, 3.05) is 17.7 Å². The topological polar surface area (TPSA) is 63.5 Å². The van der Waals surface area contributed by atoms with Gasteiger partial charge < -0.3 is 19.8 Å². The van der Waals surface area contributed by atoms with Crippen LogP contribution in [0.1, 0.15) is 11.1 Å². The highest BCUT2D eigenvalue weighted by atomic mass is 32.1. The van der Waals surface area contributed by atoms with Crippen molar-refractivity contribution in [3.63, 3.8) is 0 Å². The van der Waals surface area contributed by atoms with Crippen LogP contribution in [0.15, 0.2) is 51.7 Å². The van der Waals surface area contributed by atoms with Crippen LogP contribution in [-0.4, -0.2) is 12.2 Å². The van der Waals surface area contributed by atoms with Gasteiger partial charge in [-0.2, -0.15) is 13.2 Å². The molecular formula is C19H15F3N2O3S. The monoisotopic (exact) mass is 408 g/mol. The first kappa shape index (κ1) is 19.7. The van der Waals surface area contributed by atoms with Crippen LogP contribution in [0.5, 0.6) is 5.75 Å². The van der Waals surface area contributed by atoms with Crippen molar-refractivity contribution < 1.29 is 22.3 Å². The lowest BCUT2D eigenvalue weighted by Gasteiger charge is -2.15. The summed E-state index contributed by atoms with van der Waals surface area (Å²) >= 11 is 5.25. The van der Waals surface area contributed by atoms with E-state index in [9.17, 15) is 18.0 Å². The Bertz CT molecular complexity index is 1110. The zero-order valence-electron chi connectivity index (χ0n) is 14.8. The van der Waals surface area contributed by atoms with Crippen molar-refractivity contribution in [1.82, 2.24) is 0 Å². The summed E-state index contributed by atoms with van der Waals surface area (Å²) < 4.78 is 49.5. The van der Waals surface area contributed by atoms with E-state index in [0.29, 0.717) is 23.2 Å². The van der Waals surface area contributed by atoms with Gasteiger partial charge in [0.05, 0.1) is 18.4 Å². The fourth-order valence-corrected chi connectivity index (χ4v) is 2.91. The molecule has 0 unspecified atom stereocenters. The van der Waals surface area contributed by atoms with Crippen molar-refractivity contribution in [3.05, 3.63) is 64.0 Å². The Hall–Kier alpha value is -3.07. The van der Waals surface area contributed by atoms with Crippen LogP contribution in [0.2, 0.25) is 0 Å². The van der Waals surface area contributed by atoms with Gasteiger partial charge in [0.25, 0.3) is 0 Å². The number of ether oxygens (including phenoxy) is 1. The average Bonchev–Trinajstić information content (AvgIpc) is 2.60. The third-order valence-electron chi connectivity index (χ3n) is 3.91. The second-order valence-electron chi connectivity index (χ2n) is 5.97. The maximum atomic E-state index is 13.1. The number of hydrogen-bond donors (Lipinski definition) is 2. The average molecular weight is 408 g/mol. The van der Waals surface area contributed by atoms with E-state index in [1.807, 2.05) is 19.1 Å². The number of alkyl halides is 3. The summed E-state index contributed by atoms with van der Waals surface area (Å²) in [5, 5.41) is 5.80. The predicted octanol–water partition coefficient (Wildman–Crippen LogP) is 4.94. The molecule has 0 spiro atoms. The molecule has 5 nitrogen and oxygen atoms in total. The van der Waals surface area contributed by atoms with E-state index in [1.165, 1.54) is 25.3 Å². The molecule has 2 aromatic carbocycles. The van der Waals surface area contributed by atoms with Gasteiger partial charge in [-0.05, 0) is 49.0 Å². The van der Waals surface area contributed by atoms with Gasteiger partial charge in [-0.1, -0.05) is 6.07 Å². The number of fused-ring (bicyclic) bond motifs is 1. The van der Waals surface area contributed by atoms with Gasteiger partial charge in [0.1, 0.15) is 11.3 Å². The summed E-state index contributed by atoms with van der Waals surface area (Å²) in [5.74, 6) is 0.578. The van der Waals surface area contributed by atoms with E-state index in [0.717, 1.165) is 5.56 Å². The molecule has 2 N–H and O–H groups in total. The SMILES string of the molecule is COc1ccc(C)cc1NC(=S)Nc1ccc2c(C(F)(F)F)cc(=O)oc2c1. The van der Waals surface area contributed by atoms with Gasteiger partial charge in [0, 0.05) is 23.2 Å². The van der Waals surface area contributed by atoms with E-state index in [4.69, 9.17) is 21.4 Å². The third-order valence-corrected chi connectivity index (χ3v) is 4.12. The van der Waals surface area contributed by atoms with Crippen molar-refractivity contribution in [2.24, 2.45) is 0 Å². The molecule has 0 aliphatic carbocycles. The zero-order valence-corrected chi connectivity index (χ0v) is 15.6. The first-order valence-corrected chi connectivity index (χ1v) is 8.46. The van der Waals surface area contributed by atoms with Crippen molar-refractivity contribution >= 4 is 39.7 Å². The first-order valence-electron chi connectivity index (χ1n) is 8.05. The highest BCUT2D eigenvalue weighted by Gasteiger charge is 2.33. The van der Waals surface area contributed by atoms with Crippen molar-refractivity contribution in [2.45, 2.75) is 13.1 Å². The smallest absolute Gasteiger partial charge is 0.417 e. The molecule has 0 bridgehead atoms. The summed E-state index contributed by atoms with van der Waals surface area (Å²) in [6.07, 6.45) is -4.66. The van der Waals surface area contributed by atoms with E-state index in [-0.39, 0.29) is 16.1 Å².